The van der Waals surface area contributed by atoms with Crippen LogP contribution in [0.4, 0.5) is 0 Å². The molecule has 0 radical (unpaired) electrons. The maximum Gasteiger partial charge on any atom is 0.249 e. The van der Waals surface area contributed by atoms with Gasteiger partial charge in [0, 0.05) is 29.4 Å². The molecule has 0 spiro atoms. The maximum absolute atomic E-state index is 13.6. The van der Waals surface area contributed by atoms with Crippen LogP contribution in [-0.4, -0.2) is 39.9 Å². The number of imide groups is 1. The van der Waals surface area contributed by atoms with E-state index in [-0.39, 0.29) is 30.4 Å². The maximum atomic E-state index is 13.6. The van der Waals surface area contributed by atoms with Gasteiger partial charge in [-0.3, -0.25) is 19.7 Å². The summed E-state index contributed by atoms with van der Waals surface area (Å²) in [5.74, 6) is 1.03. The van der Waals surface area contributed by atoms with E-state index in [0.717, 1.165) is 59.5 Å². The summed E-state index contributed by atoms with van der Waals surface area (Å²) in [4.78, 5) is 43.4. The molecule has 3 aromatic rings. The molecule has 4 bridgehead atoms. The fourth-order valence-corrected chi connectivity index (χ4v) is 7.63. The van der Waals surface area contributed by atoms with Crippen LogP contribution >= 0.6 is 0 Å². The molecule has 39 heavy (non-hydrogen) atoms. The van der Waals surface area contributed by atoms with E-state index in [4.69, 9.17) is 5.73 Å². The number of hydrogen-bond acceptors (Lipinski definition) is 5. The Bertz CT molecular complexity index is 1350. The lowest BCUT2D eigenvalue weighted by Gasteiger charge is -2.53. The molecule has 8 nitrogen and oxygen atoms in total. The van der Waals surface area contributed by atoms with E-state index < -0.39 is 23.9 Å². The summed E-state index contributed by atoms with van der Waals surface area (Å²) < 4.78 is 0. The Kier molecular flexibility index (Phi) is 6.89. The molecular weight excluding hydrogens is 492 g/mol. The van der Waals surface area contributed by atoms with Gasteiger partial charge in [0.1, 0.15) is 11.8 Å². The summed E-state index contributed by atoms with van der Waals surface area (Å²) in [6.45, 7) is 0. The predicted octanol–water partition coefficient (Wildman–Crippen LogP) is 3.19. The van der Waals surface area contributed by atoms with Crippen LogP contribution in [0.1, 0.15) is 43.2 Å². The molecule has 1 aromatic heterocycles. The summed E-state index contributed by atoms with van der Waals surface area (Å²) >= 11 is 0. The van der Waals surface area contributed by atoms with Crippen molar-refractivity contribution < 1.29 is 19.5 Å². The highest BCUT2D eigenvalue weighted by molar-refractivity contribution is 6.01. The minimum Gasteiger partial charge on any atom is -0.508 e. The fourth-order valence-electron chi connectivity index (χ4n) is 7.63. The van der Waals surface area contributed by atoms with Gasteiger partial charge in [-0.05, 0) is 91.5 Å². The normalized spacial score (nSPS) is 26.7. The number of para-hydroxylation sites is 1. The second-order valence-corrected chi connectivity index (χ2v) is 11.9. The molecule has 204 valence electrons. The first kappa shape index (κ1) is 25.6. The largest absolute Gasteiger partial charge is 0.508 e. The smallest absolute Gasteiger partial charge is 0.249 e. The molecule has 4 aliphatic rings. The fraction of sp³-hybridized carbons (Fsp3) is 0.452. The molecule has 4 fully saturated rings. The van der Waals surface area contributed by atoms with Gasteiger partial charge in [0.25, 0.3) is 0 Å². The van der Waals surface area contributed by atoms with Crippen molar-refractivity contribution in [1.29, 1.82) is 0 Å². The number of fused-ring (bicyclic) bond motifs is 1. The van der Waals surface area contributed by atoms with Crippen LogP contribution in [-0.2, 0) is 27.2 Å². The van der Waals surface area contributed by atoms with Gasteiger partial charge >= 0.3 is 0 Å². The van der Waals surface area contributed by atoms with Gasteiger partial charge in [-0.2, -0.15) is 0 Å². The van der Waals surface area contributed by atoms with Crippen LogP contribution in [0.25, 0.3) is 10.9 Å². The van der Waals surface area contributed by atoms with Crippen LogP contribution in [0.3, 0.4) is 0 Å². The number of benzene rings is 2. The quantitative estimate of drug-likeness (QED) is 0.306. The van der Waals surface area contributed by atoms with Gasteiger partial charge < -0.3 is 21.1 Å². The van der Waals surface area contributed by atoms with Crippen molar-refractivity contribution in [3.05, 3.63) is 65.9 Å². The lowest BCUT2D eigenvalue weighted by Crippen LogP contribution is -2.57. The topological polar surface area (TPSA) is 137 Å². The van der Waals surface area contributed by atoms with Crippen LogP contribution in [0.15, 0.2) is 54.7 Å². The number of H-pyrrole nitrogens is 1. The number of aromatic nitrogens is 1. The highest BCUT2D eigenvalue weighted by Gasteiger charge is 2.51. The van der Waals surface area contributed by atoms with Gasteiger partial charge in [-0.1, -0.05) is 30.3 Å². The minimum absolute atomic E-state index is 0.122. The van der Waals surface area contributed by atoms with E-state index in [1.165, 1.54) is 6.42 Å². The van der Waals surface area contributed by atoms with Crippen molar-refractivity contribution in [2.24, 2.45) is 35.3 Å². The first-order valence-electron chi connectivity index (χ1n) is 14.1. The second kappa shape index (κ2) is 10.5. The number of hydrogen-bond donors (Lipinski definition) is 5. The Labute approximate surface area is 227 Å². The number of rotatable bonds is 8. The third kappa shape index (κ3) is 5.30. The average Bonchev–Trinajstić information content (AvgIpc) is 3.31. The molecular formula is C31H36N4O4. The van der Waals surface area contributed by atoms with Crippen LogP contribution in [0.2, 0.25) is 0 Å². The van der Waals surface area contributed by atoms with Gasteiger partial charge in [-0.15, -0.1) is 0 Å². The zero-order chi connectivity index (χ0) is 27.1. The van der Waals surface area contributed by atoms with Crippen molar-refractivity contribution >= 4 is 28.6 Å². The Morgan fingerprint density at radius 3 is 2.26 bits per heavy atom. The van der Waals surface area contributed by atoms with Crippen LogP contribution < -0.4 is 16.4 Å². The lowest BCUT2D eigenvalue weighted by atomic mass is 9.51. The molecule has 1 heterocycles. The minimum atomic E-state index is -0.955. The number of phenolic OH excluding ortho intramolecular Hbond substituents is 1. The van der Waals surface area contributed by atoms with E-state index in [1.54, 1.807) is 24.3 Å². The SMILES string of the molecule is N[C@@H](Cc1ccc(O)cc1)C(=O)N[C@H](Cc1c[nH]c2ccccc12)C(=O)NC(=O)C1C2CC3CC(C2)CC1C3. The molecule has 6 N–H and O–H groups in total. The number of phenols is 1. The number of carbonyl (C=O) groups excluding carboxylic acids is 3. The second-order valence-electron chi connectivity index (χ2n) is 11.9. The van der Waals surface area contributed by atoms with E-state index in [9.17, 15) is 19.5 Å². The molecule has 7 rings (SSSR count). The molecule has 0 aliphatic heterocycles. The molecule has 0 saturated heterocycles. The number of carbonyl (C=O) groups is 3. The van der Waals surface area contributed by atoms with E-state index in [1.807, 2.05) is 30.5 Å². The number of nitrogens with one attached hydrogen (secondary N) is 3. The van der Waals surface area contributed by atoms with E-state index in [0.29, 0.717) is 11.8 Å². The molecule has 2 atom stereocenters. The standard InChI is InChI=1S/C31H36N4O4/c32-25(14-17-5-7-23(36)8-6-17)29(37)34-27(15-22-16-33-26-4-2-1-3-24(22)26)30(38)35-31(39)28-20-10-18-9-19(12-20)13-21(28)11-18/h1-8,16,18-21,25,27-28,33,36H,9-15,32H2,(H,34,37)(H,35,38,39)/t18?,19?,20?,21?,25-,27+,28?/m0/s1. The van der Waals surface area contributed by atoms with Crippen molar-refractivity contribution in [1.82, 2.24) is 15.6 Å². The molecule has 0 unspecified atom stereocenters. The molecule has 4 aliphatic carbocycles. The lowest BCUT2D eigenvalue weighted by molar-refractivity contribution is -0.143. The predicted molar refractivity (Wildman–Crippen MR) is 147 cm³/mol. The number of aromatic hydroxyl groups is 1. The molecule has 8 heteroatoms. The van der Waals surface area contributed by atoms with Gasteiger partial charge in [0.2, 0.25) is 17.7 Å². The van der Waals surface area contributed by atoms with Crippen molar-refractivity contribution in [3.63, 3.8) is 0 Å². The first-order valence-corrected chi connectivity index (χ1v) is 14.1. The number of aromatic amines is 1. The van der Waals surface area contributed by atoms with Gasteiger partial charge in [0.05, 0.1) is 6.04 Å². The number of amides is 3. The summed E-state index contributed by atoms with van der Waals surface area (Å²) in [7, 11) is 0. The summed E-state index contributed by atoms with van der Waals surface area (Å²) in [5.41, 5.74) is 8.83. The van der Waals surface area contributed by atoms with E-state index in [2.05, 4.69) is 15.6 Å². The molecule has 3 amide bonds. The Morgan fingerprint density at radius 2 is 1.56 bits per heavy atom. The summed E-state index contributed by atoms with van der Waals surface area (Å²) in [6.07, 6.45) is 7.95. The molecule has 2 aromatic carbocycles. The molecule has 4 saturated carbocycles. The van der Waals surface area contributed by atoms with Crippen molar-refractivity contribution in [2.75, 3.05) is 0 Å². The zero-order valence-electron chi connectivity index (χ0n) is 21.9. The monoisotopic (exact) mass is 528 g/mol. The van der Waals surface area contributed by atoms with Crippen molar-refractivity contribution in [3.8, 4) is 5.75 Å². The summed E-state index contributed by atoms with van der Waals surface area (Å²) in [6, 6.07) is 12.4. The highest BCUT2D eigenvalue weighted by atomic mass is 16.3. The van der Waals surface area contributed by atoms with Crippen LogP contribution in [0.5, 0.6) is 5.75 Å². The van der Waals surface area contributed by atoms with Crippen LogP contribution in [0, 0.1) is 29.6 Å². The average molecular weight is 529 g/mol. The summed E-state index contributed by atoms with van der Waals surface area (Å²) in [5, 5.41) is 16.0. The number of nitrogens with two attached hydrogens (primary N) is 1. The van der Waals surface area contributed by atoms with Gasteiger partial charge in [-0.25, -0.2) is 0 Å². The van der Waals surface area contributed by atoms with Crippen molar-refractivity contribution in [2.45, 2.75) is 57.0 Å². The Morgan fingerprint density at radius 1 is 0.897 bits per heavy atom. The van der Waals surface area contributed by atoms with Gasteiger partial charge in [0.15, 0.2) is 0 Å². The Hall–Kier alpha value is -3.65. The van der Waals surface area contributed by atoms with E-state index >= 15 is 0 Å². The third-order valence-electron chi connectivity index (χ3n) is 9.24. The highest BCUT2D eigenvalue weighted by Crippen LogP contribution is 2.56. The first-order chi connectivity index (χ1) is 18.8. The third-order valence-corrected chi connectivity index (χ3v) is 9.24. The zero-order valence-corrected chi connectivity index (χ0v) is 21.9. The Balaban J connectivity index is 1.18.